The van der Waals surface area contributed by atoms with Gasteiger partial charge in [0.2, 0.25) is 0 Å². The number of hydrogen-bond donors (Lipinski definition) is 1. The highest BCUT2D eigenvalue weighted by molar-refractivity contribution is 9.10. The van der Waals surface area contributed by atoms with Gasteiger partial charge in [-0.3, -0.25) is 9.36 Å². The largest absolute Gasteiger partial charge is 0.505 e. The molecular formula is C23H14BrF2NO4S. The summed E-state index contributed by atoms with van der Waals surface area (Å²) in [6, 6.07) is 10.3. The predicted octanol–water partition coefficient (Wildman–Crippen LogP) is 5.48. The average molecular weight is 518 g/mol. The Bertz CT molecular complexity index is 1580. The second kappa shape index (κ2) is 7.05. The number of benzene rings is 2. The molecular weight excluding hydrogens is 504 g/mol. The van der Waals surface area contributed by atoms with Crippen LogP contribution >= 0.6 is 27.7 Å². The molecule has 0 atom stereocenters. The van der Waals surface area contributed by atoms with Crippen LogP contribution in [0.5, 0.6) is 5.75 Å². The van der Waals surface area contributed by atoms with Gasteiger partial charge in [-0.2, -0.15) is 0 Å². The molecule has 0 amide bonds. The molecule has 0 unspecified atom stereocenters. The quantitative estimate of drug-likeness (QED) is 0.381. The van der Waals surface area contributed by atoms with Crippen molar-refractivity contribution in [3.8, 4) is 11.4 Å². The highest BCUT2D eigenvalue weighted by Crippen LogP contribution is 2.45. The lowest BCUT2D eigenvalue weighted by Gasteiger charge is -2.20. The lowest BCUT2D eigenvalue weighted by molar-refractivity contribution is 0.445. The van der Waals surface area contributed by atoms with Crippen molar-refractivity contribution >= 4 is 38.7 Å². The molecule has 162 valence electrons. The molecule has 5 nitrogen and oxygen atoms in total. The Morgan fingerprint density at radius 3 is 2.56 bits per heavy atom. The van der Waals surface area contributed by atoms with E-state index in [1.54, 1.807) is 38.1 Å². The lowest BCUT2D eigenvalue weighted by Crippen LogP contribution is -2.24. The molecule has 0 spiro atoms. The summed E-state index contributed by atoms with van der Waals surface area (Å²) in [5.41, 5.74) is -2.15. The maximum absolute atomic E-state index is 14.7. The summed E-state index contributed by atoms with van der Waals surface area (Å²) in [6.45, 7) is 3.37. The summed E-state index contributed by atoms with van der Waals surface area (Å²) in [7, 11) is 0. The number of halogens is 3. The number of rotatable bonds is 2. The van der Waals surface area contributed by atoms with E-state index in [1.165, 1.54) is 6.07 Å². The van der Waals surface area contributed by atoms with Crippen molar-refractivity contribution < 1.29 is 18.3 Å². The van der Waals surface area contributed by atoms with Crippen molar-refractivity contribution in [1.29, 1.82) is 0 Å². The fourth-order valence-corrected chi connectivity index (χ4v) is 5.54. The van der Waals surface area contributed by atoms with E-state index < -0.39 is 34.0 Å². The van der Waals surface area contributed by atoms with Gasteiger partial charge in [0.15, 0.2) is 5.75 Å². The zero-order valence-electron chi connectivity index (χ0n) is 16.7. The normalized spacial score (nSPS) is 13.9. The molecule has 0 radical (unpaired) electrons. The maximum atomic E-state index is 14.7. The first-order valence-electron chi connectivity index (χ1n) is 9.50. The highest BCUT2D eigenvalue weighted by atomic mass is 79.9. The van der Waals surface area contributed by atoms with E-state index >= 15 is 0 Å². The van der Waals surface area contributed by atoms with E-state index in [4.69, 9.17) is 4.42 Å². The maximum Gasteiger partial charge on any atom is 0.354 e. The van der Waals surface area contributed by atoms with Crippen LogP contribution in [0.25, 0.3) is 16.7 Å². The van der Waals surface area contributed by atoms with Gasteiger partial charge in [0, 0.05) is 38.2 Å². The van der Waals surface area contributed by atoms with Gasteiger partial charge in [-0.15, -0.1) is 0 Å². The van der Waals surface area contributed by atoms with Gasteiger partial charge in [0.1, 0.15) is 27.5 Å². The summed E-state index contributed by atoms with van der Waals surface area (Å²) in [4.78, 5) is 26.6. The van der Waals surface area contributed by atoms with Crippen LogP contribution in [0.4, 0.5) is 8.78 Å². The number of hydrogen-bond acceptors (Lipinski definition) is 5. The van der Waals surface area contributed by atoms with E-state index in [9.17, 15) is 23.5 Å². The van der Waals surface area contributed by atoms with Gasteiger partial charge < -0.3 is 9.52 Å². The minimum absolute atomic E-state index is 0.0556. The number of aromatic nitrogens is 1. The molecule has 0 fully saturated rings. The summed E-state index contributed by atoms with van der Waals surface area (Å²) >= 11 is 4.32. The predicted molar refractivity (Wildman–Crippen MR) is 120 cm³/mol. The third-order valence-electron chi connectivity index (χ3n) is 5.60. The smallest absolute Gasteiger partial charge is 0.354 e. The van der Waals surface area contributed by atoms with Gasteiger partial charge in [-0.05, 0) is 34.1 Å². The molecule has 4 aromatic rings. The molecule has 3 heterocycles. The van der Waals surface area contributed by atoms with Crippen molar-refractivity contribution in [3.63, 3.8) is 0 Å². The molecule has 2 aromatic carbocycles. The Hall–Kier alpha value is -2.91. The molecule has 2 aromatic heterocycles. The van der Waals surface area contributed by atoms with Gasteiger partial charge >= 0.3 is 5.63 Å². The second-order valence-electron chi connectivity index (χ2n) is 7.92. The van der Waals surface area contributed by atoms with Crippen molar-refractivity contribution in [1.82, 2.24) is 4.57 Å². The van der Waals surface area contributed by atoms with Crippen LogP contribution < -0.4 is 11.2 Å². The number of fused-ring (bicyclic) bond motifs is 4. The van der Waals surface area contributed by atoms with E-state index in [2.05, 4.69) is 15.9 Å². The summed E-state index contributed by atoms with van der Waals surface area (Å²) < 4.78 is 36.0. The van der Waals surface area contributed by atoms with Crippen LogP contribution in [0, 0.1) is 11.6 Å². The third-order valence-corrected chi connectivity index (χ3v) is 7.70. The van der Waals surface area contributed by atoms with Crippen molar-refractivity contribution in [2.24, 2.45) is 0 Å². The van der Waals surface area contributed by atoms with Crippen LogP contribution in [0.1, 0.15) is 25.1 Å². The Morgan fingerprint density at radius 2 is 1.84 bits per heavy atom. The number of aromatic hydroxyl groups is 1. The molecule has 0 saturated carbocycles. The zero-order chi connectivity index (χ0) is 22.9. The minimum atomic E-state index is -1.00. The summed E-state index contributed by atoms with van der Waals surface area (Å²) in [5, 5.41) is 10.7. The first-order valence-corrected chi connectivity index (χ1v) is 11.1. The molecule has 9 heteroatoms. The first-order chi connectivity index (χ1) is 15.1. The van der Waals surface area contributed by atoms with Crippen LogP contribution in [-0.4, -0.2) is 9.67 Å². The van der Waals surface area contributed by atoms with Gasteiger partial charge in [-0.1, -0.05) is 37.7 Å². The number of pyridine rings is 1. The van der Waals surface area contributed by atoms with E-state index in [0.717, 1.165) is 28.5 Å². The van der Waals surface area contributed by atoms with Crippen LogP contribution in [-0.2, 0) is 5.41 Å². The van der Waals surface area contributed by atoms with E-state index in [1.807, 2.05) is 0 Å². The molecule has 32 heavy (non-hydrogen) atoms. The summed E-state index contributed by atoms with van der Waals surface area (Å²) in [6.07, 6.45) is 0. The second-order valence-corrected chi connectivity index (χ2v) is 9.82. The van der Waals surface area contributed by atoms with Gasteiger partial charge in [0.05, 0.1) is 5.69 Å². The van der Waals surface area contributed by atoms with Crippen LogP contribution in [0.3, 0.4) is 0 Å². The van der Waals surface area contributed by atoms with Crippen molar-refractivity contribution in [3.05, 3.63) is 90.6 Å². The monoisotopic (exact) mass is 517 g/mol. The fourth-order valence-electron chi connectivity index (χ4n) is 4.15. The fraction of sp³-hybridized carbons (Fsp3) is 0.130. The third kappa shape index (κ3) is 2.87. The first kappa shape index (κ1) is 21.0. The average Bonchev–Trinajstić information content (AvgIpc) is 2.93. The molecule has 1 aliphatic rings. The minimum Gasteiger partial charge on any atom is -0.505 e. The van der Waals surface area contributed by atoms with Gasteiger partial charge in [0.25, 0.3) is 5.56 Å². The van der Waals surface area contributed by atoms with E-state index in [0.29, 0.717) is 15.1 Å². The summed E-state index contributed by atoms with van der Waals surface area (Å²) in [5.74, 6) is -2.15. The van der Waals surface area contributed by atoms with Crippen LogP contribution in [0.15, 0.2) is 70.7 Å². The molecule has 0 aliphatic carbocycles. The molecule has 1 N–H and O–H groups in total. The zero-order valence-corrected chi connectivity index (χ0v) is 19.1. The Kier molecular flexibility index (Phi) is 4.62. The Labute approximate surface area is 192 Å². The molecule has 1 aliphatic heterocycles. The molecule has 0 saturated heterocycles. The van der Waals surface area contributed by atoms with Crippen molar-refractivity contribution in [2.45, 2.75) is 29.1 Å². The molecule has 0 bridgehead atoms. The highest BCUT2D eigenvalue weighted by Gasteiger charge is 2.41. The van der Waals surface area contributed by atoms with Crippen LogP contribution in [0.2, 0.25) is 0 Å². The van der Waals surface area contributed by atoms with Gasteiger partial charge in [-0.25, -0.2) is 13.6 Å². The SMILES string of the molecule is CC1(C)c2c(F)cc(F)cc2-n2c1cc1oc(=O)c(Sc3ccccc3Br)c(O)c1c2=O. The van der Waals surface area contributed by atoms with Crippen molar-refractivity contribution in [2.75, 3.05) is 0 Å². The Balaban J connectivity index is 1.84. The molecule has 5 rings (SSSR count). The lowest BCUT2D eigenvalue weighted by atomic mass is 9.83. The standard InChI is InChI=1S/C23H14BrF2NO4S/c1-23(2)16-9-14-17(21(29)27(16)13-8-10(25)7-12(26)18(13)23)19(28)20(22(30)31-14)32-15-6-4-3-5-11(15)24/h3-9,28H,1-2H3. The van der Waals surface area contributed by atoms with E-state index in [-0.39, 0.29) is 27.1 Å². The number of nitrogens with zero attached hydrogens (tertiary/aromatic N) is 1. The Morgan fingerprint density at radius 1 is 1.12 bits per heavy atom. The topological polar surface area (TPSA) is 72.4 Å².